The van der Waals surface area contributed by atoms with Crippen molar-refractivity contribution in [2.24, 2.45) is 13.0 Å². The van der Waals surface area contributed by atoms with Crippen LogP contribution < -0.4 is 25.2 Å². The van der Waals surface area contributed by atoms with Crippen molar-refractivity contribution in [1.82, 2.24) is 30.0 Å². The van der Waals surface area contributed by atoms with Gasteiger partial charge in [-0.25, -0.2) is 14.8 Å². The lowest BCUT2D eigenvalue weighted by atomic mass is 9.84. The number of alkyl halides is 3. The van der Waals surface area contributed by atoms with Crippen molar-refractivity contribution >= 4 is 72.8 Å². The minimum Gasteiger partial charge on any atom is -0.490 e. The third-order valence-corrected chi connectivity index (χ3v) is 16.3. The van der Waals surface area contributed by atoms with Crippen molar-refractivity contribution < 1.29 is 42.2 Å². The van der Waals surface area contributed by atoms with E-state index in [0.29, 0.717) is 61.0 Å². The number of halogens is 3. The topological polar surface area (TPSA) is 175 Å². The minimum atomic E-state index is -4.86. The summed E-state index contributed by atoms with van der Waals surface area (Å²) in [5, 5.41) is 21.9. The van der Waals surface area contributed by atoms with Crippen LogP contribution in [0.25, 0.3) is 32.2 Å². The monoisotopic (exact) mass is 1040 g/mol. The van der Waals surface area contributed by atoms with E-state index in [0.717, 1.165) is 96.3 Å². The molecule has 6 heterocycles. The zero-order valence-electron chi connectivity index (χ0n) is 41.4. The van der Waals surface area contributed by atoms with Gasteiger partial charge in [-0.15, -0.1) is 0 Å². The third-order valence-electron chi connectivity index (χ3n) is 15.4. The van der Waals surface area contributed by atoms with E-state index in [1.807, 2.05) is 59.1 Å². The number of thiazole rings is 1. The van der Waals surface area contributed by atoms with E-state index in [4.69, 9.17) is 9.84 Å². The van der Waals surface area contributed by atoms with Crippen LogP contribution in [0.1, 0.15) is 101 Å². The molecule has 0 radical (unpaired) electrons. The van der Waals surface area contributed by atoms with Crippen LogP contribution in [0.5, 0.6) is 5.75 Å². The summed E-state index contributed by atoms with van der Waals surface area (Å²) < 4.78 is 54.5. The highest BCUT2D eigenvalue weighted by atomic mass is 32.1. The molecule has 0 spiro atoms. The Morgan fingerprint density at radius 1 is 0.853 bits per heavy atom. The summed E-state index contributed by atoms with van der Waals surface area (Å²) in [6.07, 6.45) is 0.953. The van der Waals surface area contributed by atoms with Gasteiger partial charge >= 0.3 is 12.1 Å². The first-order valence-corrected chi connectivity index (χ1v) is 26.5. The number of carbonyl (C=O) groups excluding carboxylic acids is 3. The number of hydrogen-bond donors (Lipinski definition) is 3. The number of para-hydroxylation sites is 1. The number of fused-ring (bicyclic) bond motifs is 3. The molecule has 0 bridgehead atoms. The molecule has 15 nitrogen and oxygen atoms in total. The summed E-state index contributed by atoms with van der Waals surface area (Å²) >= 11 is 1.37. The van der Waals surface area contributed by atoms with Gasteiger partial charge in [0.1, 0.15) is 17.1 Å². The van der Waals surface area contributed by atoms with E-state index in [1.165, 1.54) is 35.6 Å². The van der Waals surface area contributed by atoms with Crippen LogP contribution in [0.2, 0.25) is 0 Å². The molecule has 3 fully saturated rings. The van der Waals surface area contributed by atoms with Crippen molar-refractivity contribution in [3.63, 3.8) is 0 Å². The SMILES string of the molecule is Cn1nc([C@H]2CCC(=O)NC2=O)c2ccc(N3CCN(CCCC4CCC(Oc5cccc(-c6ccc(N7CCc8cccc(C(=O)Nc9nc%10ccccc%10s9)c8C7)nc6C(=O)O)c5C(F)(F)F)CC4)CC3)cc21. The molecule has 7 aromatic rings. The lowest BCUT2D eigenvalue weighted by Crippen LogP contribution is -2.46. The van der Waals surface area contributed by atoms with Crippen LogP contribution in [0.15, 0.2) is 91.0 Å². The molecule has 3 aliphatic heterocycles. The number of nitrogens with zero attached hydrogens (tertiary/aromatic N) is 7. The summed E-state index contributed by atoms with van der Waals surface area (Å²) in [5.41, 5.74) is 3.64. The third kappa shape index (κ3) is 10.4. The van der Waals surface area contributed by atoms with Gasteiger partial charge in [0.15, 0.2) is 10.8 Å². The number of piperidine rings is 1. The predicted molar refractivity (Wildman–Crippen MR) is 281 cm³/mol. The van der Waals surface area contributed by atoms with Gasteiger partial charge < -0.3 is 19.6 Å². The van der Waals surface area contributed by atoms with Crippen molar-refractivity contribution in [1.29, 1.82) is 0 Å². The average Bonchev–Trinajstić information content (AvgIpc) is 3.97. The number of pyridine rings is 1. The van der Waals surface area contributed by atoms with Gasteiger partial charge in [-0.3, -0.25) is 34.6 Å². The fraction of sp³-hybridized carbons (Fsp3) is 0.375. The van der Waals surface area contributed by atoms with E-state index in [-0.39, 0.29) is 47.0 Å². The number of amides is 3. The molecule has 75 heavy (non-hydrogen) atoms. The normalized spacial score (nSPS) is 19.5. The molecular formula is C56H56F3N9O6S. The fourth-order valence-corrected chi connectivity index (χ4v) is 12.3. The van der Waals surface area contributed by atoms with Gasteiger partial charge in [-0.1, -0.05) is 47.7 Å². The van der Waals surface area contributed by atoms with E-state index in [2.05, 4.69) is 42.5 Å². The van der Waals surface area contributed by atoms with Gasteiger partial charge in [0.05, 0.1) is 33.4 Å². The summed E-state index contributed by atoms with van der Waals surface area (Å²) in [6.45, 7) is 5.23. The lowest BCUT2D eigenvalue weighted by Gasteiger charge is -2.36. The van der Waals surface area contributed by atoms with Crippen molar-refractivity contribution in [2.45, 2.75) is 82.5 Å². The molecule has 4 aromatic carbocycles. The Hall–Kier alpha value is -7.38. The number of carbonyl (C=O) groups is 4. The number of imide groups is 1. The van der Waals surface area contributed by atoms with Gasteiger partial charge in [0, 0.05) is 80.5 Å². The van der Waals surface area contributed by atoms with Crippen LogP contribution in [0.3, 0.4) is 0 Å². The van der Waals surface area contributed by atoms with Crippen molar-refractivity contribution in [3.05, 3.63) is 125 Å². The number of aromatic nitrogens is 4. The molecule has 3 aromatic heterocycles. The number of aryl methyl sites for hydroxylation is 1. The Morgan fingerprint density at radius 3 is 2.43 bits per heavy atom. The molecule has 3 amide bonds. The Labute approximate surface area is 434 Å². The Kier molecular flexibility index (Phi) is 13.8. The van der Waals surface area contributed by atoms with Gasteiger partial charge in [0.2, 0.25) is 11.8 Å². The minimum absolute atomic E-state index is 0.171. The molecule has 1 saturated carbocycles. The van der Waals surface area contributed by atoms with E-state index in [1.54, 1.807) is 12.1 Å². The number of nitrogens with one attached hydrogen (secondary N) is 2. The number of ether oxygens (including phenoxy) is 1. The number of rotatable bonds is 13. The summed E-state index contributed by atoms with van der Waals surface area (Å²) in [6, 6.07) is 26.3. The van der Waals surface area contributed by atoms with E-state index < -0.39 is 35.4 Å². The Morgan fingerprint density at radius 2 is 1.65 bits per heavy atom. The molecule has 1 atom stereocenters. The highest BCUT2D eigenvalue weighted by Crippen LogP contribution is 2.45. The molecule has 1 aliphatic carbocycles. The van der Waals surface area contributed by atoms with Crippen LogP contribution in [-0.4, -0.2) is 98.8 Å². The van der Waals surface area contributed by atoms with Crippen molar-refractivity contribution in [2.75, 3.05) is 54.4 Å². The smallest absolute Gasteiger partial charge is 0.420 e. The number of hydrogen-bond acceptors (Lipinski definition) is 12. The lowest BCUT2D eigenvalue weighted by molar-refractivity contribution is -0.139. The number of carboxylic acids is 1. The van der Waals surface area contributed by atoms with Crippen LogP contribution in [0.4, 0.5) is 29.8 Å². The zero-order chi connectivity index (χ0) is 52.0. The van der Waals surface area contributed by atoms with E-state index >= 15 is 13.2 Å². The molecule has 19 heteroatoms. The van der Waals surface area contributed by atoms with E-state index in [9.17, 15) is 24.3 Å². The van der Waals surface area contributed by atoms with Gasteiger partial charge in [-0.2, -0.15) is 18.3 Å². The van der Waals surface area contributed by atoms with Crippen LogP contribution in [-0.2, 0) is 35.8 Å². The average molecular weight is 1040 g/mol. The molecule has 388 valence electrons. The molecular weight excluding hydrogens is 984 g/mol. The summed E-state index contributed by atoms with van der Waals surface area (Å²) in [4.78, 5) is 66.5. The zero-order valence-corrected chi connectivity index (χ0v) is 42.2. The van der Waals surface area contributed by atoms with Gasteiger partial charge in [-0.05, 0) is 130 Å². The molecule has 4 aliphatic rings. The number of piperazine rings is 1. The summed E-state index contributed by atoms with van der Waals surface area (Å²) in [7, 11) is 1.88. The first-order valence-electron chi connectivity index (χ1n) is 25.7. The predicted octanol–water partition coefficient (Wildman–Crippen LogP) is 9.84. The second-order valence-electron chi connectivity index (χ2n) is 20.0. The van der Waals surface area contributed by atoms with Crippen LogP contribution in [0, 0.1) is 5.92 Å². The van der Waals surface area contributed by atoms with Gasteiger partial charge in [0.25, 0.3) is 5.91 Å². The summed E-state index contributed by atoms with van der Waals surface area (Å²) in [5.74, 6) is -2.41. The molecule has 11 rings (SSSR count). The highest BCUT2D eigenvalue weighted by molar-refractivity contribution is 7.22. The maximum atomic E-state index is 15.2. The van der Waals surface area contributed by atoms with Crippen molar-refractivity contribution in [3.8, 4) is 16.9 Å². The first-order chi connectivity index (χ1) is 36.2. The molecule has 3 N–H and O–H groups in total. The molecule has 0 unspecified atom stereocenters. The number of anilines is 3. The standard InChI is InChI=1S/C56H56F3N9O6S/c1-65-44-31-35(16-19-40(44)50(64-65)41-21-23-48(69)62-53(41)71)67-29-27-66(28-30-67)25-6-7-33-14-17-36(18-15-33)74-45-12-5-9-37(49(45)56(57,58)59)38-20-22-47(61-51(38)54(72)73)68-26-24-34-8-4-10-39(42(34)32-68)52(70)63-55-60-43-11-2-3-13-46(43)75-55/h2-5,8-13,16,19-20,22,31,33,36,41H,6-7,14-15,17-18,21,23-30,32H2,1H3,(H,72,73)(H,60,63,70)(H,62,69,71)/t33?,36?,41-/m1/s1. The second kappa shape index (κ2) is 20.7. The largest absolute Gasteiger partial charge is 0.490 e. The van der Waals surface area contributed by atoms with Crippen LogP contribution >= 0.6 is 11.3 Å². The second-order valence-corrected chi connectivity index (χ2v) is 21.1. The quantitative estimate of drug-likeness (QED) is 0.0935. The maximum Gasteiger partial charge on any atom is 0.420 e. The number of carboxylic acid groups (broad SMARTS) is 1. The molecule has 2 saturated heterocycles. The first kappa shape index (κ1) is 49.8. The maximum absolute atomic E-state index is 15.2. The highest BCUT2D eigenvalue weighted by Gasteiger charge is 2.40. The number of benzene rings is 4. The fourth-order valence-electron chi connectivity index (χ4n) is 11.5. The Bertz CT molecular complexity index is 3310. The Balaban J connectivity index is 0.694. The number of aromatic carboxylic acids is 1.